The summed E-state index contributed by atoms with van der Waals surface area (Å²) in [7, 11) is 0. The molecule has 0 bridgehead atoms. The second-order valence-electron chi connectivity index (χ2n) is 4.77. The van der Waals surface area contributed by atoms with E-state index < -0.39 is 0 Å². The highest BCUT2D eigenvalue weighted by molar-refractivity contribution is 8.01. The molecule has 0 unspecified atom stereocenters. The summed E-state index contributed by atoms with van der Waals surface area (Å²) in [5.74, 6) is 0.923. The van der Waals surface area contributed by atoms with E-state index in [1.165, 1.54) is 20.2 Å². The topological polar surface area (TPSA) is 24.9 Å². The maximum Gasteiger partial charge on any atom is 0.193 e. The molecule has 0 saturated heterocycles. The average Bonchev–Trinajstić information content (AvgIpc) is 3.28. The van der Waals surface area contributed by atoms with Gasteiger partial charge in [-0.15, -0.1) is 34.4 Å². The zero-order valence-electron chi connectivity index (χ0n) is 14.3. The van der Waals surface area contributed by atoms with Gasteiger partial charge in [0.05, 0.1) is 9.90 Å². The molecule has 2 aromatic heterocycles. The van der Waals surface area contributed by atoms with Crippen molar-refractivity contribution in [1.82, 2.24) is 4.98 Å². The Morgan fingerprint density at radius 3 is 2.67 bits per heavy atom. The Labute approximate surface area is 161 Å². The minimum atomic E-state index is 0.923. The van der Waals surface area contributed by atoms with E-state index in [2.05, 4.69) is 64.6 Å². The molecule has 1 N–H and O–H groups in total. The van der Waals surface area contributed by atoms with E-state index in [9.17, 15) is 0 Å². The fraction of sp³-hybridized carbons (Fsp3) is 0.278. The van der Waals surface area contributed by atoms with E-state index >= 15 is 0 Å². The minimum Gasteiger partial charge on any atom is -0.302 e. The molecule has 1 aromatic carbocycles. The normalized spacial score (nSPS) is 10.2. The molecule has 6 heteroatoms. The molecule has 2 heterocycles. The molecule has 0 spiro atoms. The van der Waals surface area contributed by atoms with Crippen LogP contribution in [0.25, 0.3) is 0 Å². The highest BCUT2D eigenvalue weighted by Gasteiger charge is 2.06. The molecular weight excluding hydrogens is 372 g/mol. The summed E-state index contributed by atoms with van der Waals surface area (Å²) in [6.07, 6.45) is 0. The van der Waals surface area contributed by atoms with Gasteiger partial charge in [0.15, 0.2) is 5.13 Å². The Morgan fingerprint density at radius 1 is 1.08 bits per heavy atom. The lowest BCUT2D eigenvalue weighted by Crippen LogP contribution is -1.90. The third-order valence-electron chi connectivity index (χ3n) is 3.21. The molecule has 0 aliphatic heterocycles. The zero-order chi connectivity index (χ0) is 17.4. The van der Waals surface area contributed by atoms with Gasteiger partial charge < -0.3 is 4.72 Å². The fourth-order valence-electron chi connectivity index (χ4n) is 1.84. The molecule has 0 amide bonds. The average molecular weight is 395 g/mol. The highest BCUT2D eigenvalue weighted by Crippen LogP contribution is 2.30. The van der Waals surface area contributed by atoms with E-state index in [1.807, 2.05) is 25.6 Å². The van der Waals surface area contributed by atoms with Crippen molar-refractivity contribution < 1.29 is 0 Å². The lowest BCUT2D eigenvalue weighted by atomic mass is 10.1. The number of benzene rings is 1. The van der Waals surface area contributed by atoms with Crippen molar-refractivity contribution in [3.63, 3.8) is 0 Å². The van der Waals surface area contributed by atoms with Crippen molar-refractivity contribution >= 4 is 51.5 Å². The van der Waals surface area contributed by atoms with Crippen molar-refractivity contribution in [1.29, 1.82) is 0 Å². The van der Waals surface area contributed by atoms with Gasteiger partial charge in [-0.1, -0.05) is 32.0 Å². The van der Waals surface area contributed by atoms with Crippen LogP contribution in [-0.4, -0.2) is 4.98 Å². The molecule has 0 saturated carbocycles. The molecule has 0 atom stereocenters. The summed E-state index contributed by atoms with van der Waals surface area (Å²) >= 11 is 6.92. The van der Waals surface area contributed by atoms with Crippen LogP contribution in [0, 0.1) is 13.8 Å². The van der Waals surface area contributed by atoms with Gasteiger partial charge in [0.25, 0.3) is 0 Å². The molecule has 0 fully saturated rings. The zero-order valence-corrected chi connectivity index (χ0v) is 17.6. The number of thiazole rings is 1. The summed E-state index contributed by atoms with van der Waals surface area (Å²) < 4.78 is 4.70. The number of nitrogens with zero attached hydrogens (tertiary/aromatic N) is 1. The summed E-state index contributed by atoms with van der Waals surface area (Å²) in [4.78, 5) is 5.90. The first kappa shape index (κ1) is 19.4. The Bertz CT molecular complexity index is 735. The molecule has 0 radical (unpaired) electrons. The van der Waals surface area contributed by atoms with Gasteiger partial charge in [0.1, 0.15) is 0 Å². The van der Waals surface area contributed by atoms with Crippen LogP contribution in [0.5, 0.6) is 0 Å². The first-order valence-electron chi connectivity index (χ1n) is 7.82. The van der Waals surface area contributed by atoms with Gasteiger partial charge >= 0.3 is 0 Å². The van der Waals surface area contributed by atoms with Crippen molar-refractivity contribution in [2.75, 3.05) is 4.72 Å². The number of hydrogen-bond donors (Lipinski definition) is 1. The lowest BCUT2D eigenvalue weighted by molar-refractivity contribution is 1.22. The number of aromatic nitrogens is 1. The van der Waals surface area contributed by atoms with Crippen molar-refractivity contribution in [3.8, 4) is 0 Å². The fourth-order valence-corrected chi connectivity index (χ4v) is 5.20. The number of rotatable bonds is 6. The second kappa shape index (κ2) is 10.1. The Kier molecular flexibility index (Phi) is 8.18. The molecule has 0 aliphatic carbocycles. The number of aryl methyl sites for hydroxylation is 1. The predicted octanol–water partition coefficient (Wildman–Crippen LogP) is 7.26. The van der Waals surface area contributed by atoms with Gasteiger partial charge in [-0.2, -0.15) is 0 Å². The third kappa shape index (κ3) is 5.55. The van der Waals surface area contributed by atoms with Crippen molar-refractivity contribution in [3.05, 3.63) is 57.9 Å². The first-order chi connectivity index (χ1) is 11.7. The minimum absolute atomic E-state index is 0.923. The van der Waals surface area contributed by atoms with Gasteiger partial charge in [-0.25, -0.2) is 4.98 Å². The Morgan fingerprint density at radius 2 is 1.92 bits per heavy atom. The van der Waals surface area contributed by atoms with Gasteiger partial charge in [0, 0.05) is 16.0 Å². The molecule has 3 aromatic rings. The van der Waals surface area contributed by atoms with Crippen LogP contribution >= 0.6 is 46.4 Å². The largest absolute Gasteiger partial charge is 0.302 e. The quantitative estimate of drug-likeness (QED) is 0.351. The number of thioether (sulfide) groups is 1. The van der Waals surface area contributed by atoms with Crippen LogP contribution in [0.1, 0.15) is 30.7 Å². The standard InChI is InChI=1S/C16H16N2S4.C2H6/c1-11-5-3-6-14(12(11)2)22-18-16-17-13(10-21-16)9-20-15-7-4-8-19-15;1-2/h3-8,10H,9H2,1-2H3,(H,17,18);1-2H3. The van der Waals surface area contributed by atoms with Crippen LogP contribution in [0.3, 0.4) is 0 Å². The van der Waals surface area contributed by atoms with Gasteiger partial charge in [-0.3, -0.25) is 0 Å². The molecule has 128 valence electrons. The molecule has 24 heavy (non-hydrogen) atoms. The van der Waals surface area contributed by atoms with Crippen LogP contribution in [0.15, 0.2) is 50.2 Å². The molecule has 0 aliphatic rings. The van der Waals surface area contributed by atoms with Gasteiger partial charge in [-0.05, 0) is 54.4 Å². The maximum atomic E-state index is 4.65. The summed E-state index contributed by atoms with van der Waals surface area (Å²) in [5.41, 5.74) is 3.77. The van der Waals surface area contributed by atoms with Gasteiger partial charge in [0.2, 0.25) is 0 Å². The van der Waals surface area contributed by atoms with E-state index in [-0.39, 0.29) is 0 Å². The van der Waals surface area contributed by atoms with Crippen LogP contribution in [-0.2, 0) is 5.75 Å². The SMILES string of the molecule is CC.Cc1cccc(SNc2nc(CSc3cccs3)cs2)c1C. The first-order valence-corrected chi connectivity index (χ1v) is 11.4. The monoisotopic (exact) mass is 394 g/mol. The van der Waals surface area contributed by atoms with E-state index in [1.54, 1.807) is 34.6 Å². The maximum absolute atomic E-state index is 4.65. The van der Waals surface area contributed by atoms with Crippen LogP contribution in [0.2, 0.25) is 0 Å². The second-order valence-corrected chi connectivity index (χ2v) is 8.70. The van der Waals surface area contributed by atoms with E-state index in [0.717, 1.165) is 16.6 Å². The summed E-state index contributed by atoms with van der Waals surface area (Å²) in [6, 6.07) is 10.6. The number of nitrogens with one attached hydrogen (secondary N) is 1. The van der Waals surface area contributed by atoms with E-state index in [4.69, 9.17) is 0 Å². The van der Waals surface area contributed by atoms with Crippen LogP contribution < -0.4 is 4.72 Å². The molecular formula is C18H22N2S4. The summed E-state index contributed by atoms with van der Waals surface area (Å²) in [6.45, 7) is 8.30. The predicted molar refractivity (Wildman–Crippen MR) is 113 cm³/mol. The smallest absolute Gasteiger partial charge is 0.193 e. The van der Waals surface area contributed by atoms with Crippen molar-refractivity contribution in [2.24, 2.45) is 0 Å². The molecule has 3 rings (SSSR count). The number of hydrogen-bond acceptors (Lipinski definition) is 6. The Balaban J connectivity index is 0.00000100. The van der Waals surface area contributed by atoms with Crippen LogP contribution in [0.4, 0.5) is 5.13 Å². The molecule has 2 nitrogen and oxygen atoms in total. The highest BCUT2D eigenvalue weighted by atomic mass is 32.2. The summed E-state index contributed by atoms with van der Waals surface area (Å²) in [5, 5.41) is 5.21. The van der Waals surface area contributed by atoms with E-state index in [0.29, 0.717) is 0 Å². The van der Waals surface area contributed by atoms with Crippen molar-refractivity contribution in [2.45, 2.75) is 42.6 Å². The lowest BCUT2D eigenvalue weighted by Gasteiger charge is -2.07. The Hall–Kier alpha value is -0.950. The third-order valence-corrected chi connectivity index (χ3v) is 7.27. The number of anilines is 1. The number of thiophene rings is 1.